The van der Waals surface area contributed by atoms with Crippen LogP contribution in [0, 0.1) is 11.7 Å². The summed E-state index contributed by atoms with van der Waals surface area (Å²) in [6.07, 6.45) is 0.809. The molecule has 3 rings (SSSR count). The average molecular weight is 418 g/mol. The third kappa shape index (κ3) is 5.47. The maximum atomic E-state index is 13.0. The molecule has 1 fully saturated rings. The number of nitrogens with one attached hydrogen (secondary N) is 1. The van der Waals surface area contributed by atoms with E-state index in [1.54, 1.807) is 22.4 Å². The van der Waals surface area contributed by atoms with E-state index in [1.165, 1.54) is 35.6 Å². The van der Waals surface area contributed by atoms with Gasteiger partial charge in [-0.25, -0.2) is 4.39 Å². The van der Waals surface area contributed by atoms with Crippen LogP contribution in [-0.2, 0) is 14.3 Å². The molecule has 2 heterocycles. The molecule has 0 unspecified atom stereocenters. The van der Waals surface area contributed by atoms with E-state index in [0.29, 0.717) is 36.4 Å². The Kier molecular flexibility index (Phi) is 6.71. The van der Waals surface area contributed by atoms with Crippen LogP contribution >= 0.6 is 11.3 Å². The zero-order valence-corrected chi connectivity index (χ0v) is 16.2. The second-order valence-electron chi connectivity index (χ2n) is 6.54. The molecule has 0 bridgehead atoms. The number of hydrogen-bond donors (Lipinski definition) is 1. The van der Waals surface area contributed by atoms with Crippen LogP contribution in [0.15, 0.2) is 41.8 Å². The van der Waals surface area contributed by atoms with Crippen molar-refractivity contribution in [2.45, 2.75) is 12.8 Å². The fourth-order valence-electron chi connectivity index (χ4n) is 2.98. The van der Waals surface area contributed by atoms with Crippen molar-refractivity contribution < 1.29 is 28.3 Å². The summed E-state index contributed by atoms with van der Waals surface area (Å²) in [6.45, 7) is 0.183. The number of hydrogen-bond acceptors (Lipinski definition) is 6. The lowest BCUT2D eigenvalue weighted by Crippen LogP contribution is -2.41. The third-order valence-corrected chi connectivity index (χ3v) is 5.42. The third-order valence-electron chi connectivity index (χ3n) is 4.55. The molecule has 0 radical (unpaired) electrons. The molecule has 7 nitrogen and oxygen atoms in total. The molecule has 0 aliphatic carbocycles. The van der Waals surface area contributed by atoms with Gasteiger partial charge in [0.15, 0.2) is 6.61 Å². The summed E-state index contributed by atoms with van der Waals surface area (Å²) >= 11 is 1.20. The minimum Gasteiger partial charge on any atom is -0.455 e. The molecule has 0 spiro atoms. The summed E-state index contributed by atoms with van der Waals surface area (Å²) in [5.74, 6) is -2.81. The van der Waals surface area contributed by atoms with Crippen LogP contribution < -0.4 is 5.32 Å². The number of imide groups is 1. The van der Waals surface area contributed by atoms with Crippen molar-refractivity contribution in [2.75, 3.05) is 19.7 Å². The lowest BCUT2D eigenvalue weighted by Gasteiger charge is -2.31. The monoisotopic (exact) mass is 418 g/mol. The highest BCUT2D eigenvalue weighted by atomic mass is 32.1. The normalized spacial score (nSPS) is 14.3. The van der Waals surface area contributed by atoms with Crippen LogP contribution in [0.5, 0.6) is 0 Å². The number of halogens is 1. The van der Waals surface area contributed by atoms with Gasteiger partial charge in [-0.15, -0.1) is 11.3 Å². The van der Waals surface area contributed by atoms with Crippen molar-refractivity contribution in [1.82, 2.24) is 10.2 Å². The maximum Gasteiger partial charge on any atom is 0.309 e. The molecule has 1 aromatic heterocycles. The molecule has 3 amide bonds. The molecular weight excluding hydrogens is 399 g/mol. The van der Waals surface area contributed by atoms with Gasteiger partial charge in [0, 0.05) is 18.7 Å². The number of amides is 3. The first-order valence-electron chi connectivity index (χ1n) is 9.03. The lowest BCUT2D eigenvalue weighted by molar-refractivity contribution is -0.153. The smallest absolute Gasteiger partial charge is 0.309 e. The van der Waals surface area contributed by atoms with Crippen LogP contribution in [0.4, 0.5) is 4.39 Å². The number of ether oxygens (including phenoxy) is 1. The first-order valence-corrected chi connectivity index (χ1v) is 9.91. The number of esters is 1. The van der Waals surface area contributed by atoms with E-state index in [1.807, 2.05) is 0 Å². The molecule has 1 N–H and O–H groups in total. The summed E-state index contributed by atoms with van der Waals surface area (Å²) in [6, 6.07) is 8.58. The van der Waals surface area contributed by atoms with E-state index in [2.05, 4.69) is 5.32 Å². The summed E-state index contributed by atoms with van der Waals surface area (Å²) < 4.78 is 18.0. The van der Waals surface area contributed by atoms with E-state index in [4.69, 9.17) is 4.74 Å². The zero-order valence-electron chi connectivity index (χ0n) is 15.4. The molecule has 1 saturated heterocycles. The van der Waals surface area contributed by atoms with Gasteiger partial charge < -0.3 is 9.64 Å². The number of nitrogens with zero attached hydrogens (tertiary/aromatic N) is 1. The summed E-state index contributed by atoms with van der Waals surface area (Å²) in [7, 11) is 0. The Morgan fingerprint density at radius 3 is 2.41 bits per heavy atom. The number of thiophene rings is 1. The Balaban J connectivity index is 1.41. The molecule has 9 heteroatoms. The largest absolute Gasteiger partial charge is 0.455 e. The van der Waals surface area contributed by atoms with Crippen molar-refractivity contribution in [1.29, 1.82) is 0 Å². The number of likely N-dealkylation sites (tertiary alicyclic amines) is 1. The number of carbonyl (C=O) groups is 4. The fraction of sp³-hybridized carbons (Fsp3) is 0.300. The lowest BCUT2D eigenvalue weighted by atomic mass is 9.96. The Labute approximate surface area is 170 Å². The van der Waals surface area contributed by atoms with E-state index in [-0.39, 0.29) is 5.91 Å². The van der Waals surface area contributed by atoms with Gasteiger partial charge in [0.1, 0.15) is 5.82 Å². The van der Waals surface area contributed by atoms with Gasteiger partial charge in [-0.3, -0.25) is 24.5 Å². The van der Waals surface area contributed by atoms with Crippen LogP contribution in [0.1, 0.15) is 32.9 Å². The highest BCUT2D eigenvalue weighted by Crippen LogP contribution is 2.20. The van der Waals surface area contributed by atoms with Crippen molar-refractivity contribution in [3.05, 3.63) is 58.0 Å². The fourth-order valence-corrected chi connectivity index (χ4v) is 3.60. The number of rotatable bonds is 5. The predicted molar refractivity (Wildman–Crippen MR) is 103 cm³/mol. The number of carbonyl (C=O) groups excluding carboxylic acids is 4. The highest BCUT2D eigenvalue weighted by Gasteiger charge is 2.29. The van der Waals surface area contributed by atoms with Crippen molar-refractivity contribution in [3.63, 3.8) is 0 Å². The SMILES string of the molecule is O=C(COC(=O)C1CCN(C(=O)c2ccc(F)cc2)CC1)NC(=O)c1cccs1. The summed E-state index contributed by atoms with van der Waals surface area (Å²) in [5, 5.41) is 3.88. The second-order valence-corrected chi connectivity index (χ2v) is 7.48. The van der Waals surface area contributed by atoms with E-state index in [9.17, 15) is 23.6 Å². The van der Waals surface area contributed by atoms with Crippen molar-refractivity contribution >= 4 is 35.0 Å². The van der Waals surface area contributed by atoms with Gasteiger partial charge in [-0.2, -0.15) is 0 Å². The Morgan fingerprint density at radius 2 is 1.79 bits per heavy atom. The maximum absolute atomic E-state index is 13.0. The van der Waals surface area contributed by atoms with Gasteiger partial charge in [0.2, 0.25) is 0 Å². The Hall–Kier alpha value is -3.07. The molecule has 2 aromatic rings. The molecule has 1 aromatic carbocycles. The van der Waals surface area contributed by atoms with Crippen LogP contribution in [0.2, 0.25) is 0 Å². The topological polar surface area (TPSA) is 92.8 Å². The van der Waals surface area contributed by atoms with Gasteiger partial charge in [0.05, 0.1) is 10.8 Å². The quantitative estimate of drug-likeness (QED) is 0.752. The van der Waals surface area contributed by atoms with Gasteiger partial charge in [0.25, 0.3) is 17.7 Å². The molecule has 1 aliphatic heterocycles. The van der Waals surface area contributed by atoms with Crippen LogP contribution in [0.3, 0.4) is 0 Å². The predicted octanol–water partition coefficient (Wildman–Crippen LogP) is 2.24. The van der Waals surface area contributed by atoms with Crippen LogP contribution in [-0.4, -0.2) is 48.3 Å². The van der Waals surface area contributed by atoms with Crippen molar-refractivity contribution in [2.24, 2.45) is 5.92 Å². The summed E-state index contributed by atoms with van der Waals surface area (Å²) in [5.41, 5.74) is 0.388. The minimum atomic E-state index is -0.694. The molecule has 29 heavy (non-hydrogen) atoms. The number of benzene rings is 1. The van der Waals surface area contributed by atoms with Gasteiger partial charge >= 0.3 is 5.97 Å². The summed E-state index contributed by atoms with van der Waals surface area (Å²) in [4.78, 5) is 50.1. The average Bonchev–Trinajstić information content (AvgIpc) is 3.27. The second kappa shape index (κ2) is 9.42. The molecule has 0 atom stereocenters. The molecule has 152 valence electrons. The van der Waals surface area contributed by atoms with E-state index in [0.717, 1.165) is 0 Å². The minimum absolute atomic E-state index is 0.219. The first-order chi connectivity index (χ1) is 13.9. The Morgan fingerprint density at radius 1 is 1.10 bits per heavy atom. The van der Waals surface area contributed by atoms with Crippen LogP contribution in [0.25, 0.3) is 0 Å². The van der Waals surface area contributed by atoms with E-state index < -0.39 is 36.1 Å². The standard InChI is InChI=1S/C20H19FN2O5S/c21-15-5-3-13(4-6-15)19(26)23-9-7-14(8-10-23)20(27)28-12-17(24)22-18(25)16-2-1-11-29-16/h1-6,11,14H,7-10,12H2,(H,22,24,25). The number of piperidine rings is 1. The zero-order chi connectivity index (χ0) is 20.8. The molecule has 0 saturated carbocycles. The molecule has 1 aliphatic rings. The van der Waals surface area contributed by atoms with Gasteiger partial charge in [-0.05, 0) is 48.6 Å². The van der Waals surface area contributed by atoms with Crippen molar-refractivity contribution in [3.8, 4) is 0 Å². The van der Waals surface area contributed by atoms with E-state index >= 15 is 0 Å². The van der Waals surface area contributed by atoms with Gasteiger partial charge in [-0.1, -0.05) is 6.07 Å². The molecular formula is C20H19FN2O5S. The Bertz CT molecular complexity index is 890. The first kappa shape index (κ1) is 20.7. The highest BCUT2D eigenvalue weighted by molar-refractivity contribution is 7.12.